The van der Waals surface area contributed by atoms with Crippen LogP contribution in [0.2, 0.25) is 0 Å². The standard InChI is InChI=1S/C16H23N3O3/c1-7-22-15(21)12-11-13(19(6)17-12)14(20)10(9-18(4)5)8-16(11,2)3/h9H,7-8H2,1-6H3/b10-9+. The minimum absolute atomic E-state index is 0.0754. The maximum Gasteiger partial charge on any atom is 0.359 e. The van der Waals surface area contributed by atoms with Crippen molar-refractivity contribution >= 4 is 11.8 Å². The highest BCUT2D eigenvalue weighted by molar-refractivity contribution is 6.11. The molecule has 22 heavy (non-hydrogen) atoms. The lowest BCUT2D eigenvalue weighted by atomic mass is 9.71. The lowest BCUT2D eigenvalue weighted by Crippen LogP contribution is -2.32. The zero-order valence-electron chi connectivity index (χ0n) is 14.1. The van der Waals surface area contributed by atoms with Gasteiger partial charge in [0, 0.05) is 38.5 Å². The second-order valence-electron chi connectivity index (χ2n) is 6.42. The van der Waals surface area contributed by atoms with Crippen molar-refractivity contribution in [3.63, 3.8) is 0 Å². The fourth-order valence-electron chi connectivity index (χ4n) is 2.98. The second-order valence-corrected chi connectivity index (χ2v) is 6.42. The van der Waals surface area contributed by atoms with Crippen LogP contribution in [-0.4, -0.2) is 47.1 Å². The molecule has 1 aromatic rings. The lowest BCUT2D eigenvalue weighted by molar-refractivity contribution is 0.0515. The number of carbonyl (C=O) groups excluding carboxylic acids is 2. The van der Waals surface area contributed by atoms with E-state index < -0.39 is 5.97 Å². The first-order valence-electron chi connectivity index (χ1n) is 7.35. The molecule has 0 radical (unpaired) electrons. The number of carbonyl (C=O) groups is 2. The molecule has 1 aliphatic rings. The molecule has 1 aliphatic carbocycles. The van der Waals surface area contributed by atoms with E-state index in [2.05, 4.69) is 5.10 Å². The van der Waals surface area contributed by atoms with Crippen molar-refractivity contribution in [1.82, 2.24) is 14.7 Å². The van der Waals surface area contributed by atoms with Crippen LogP contribution in [0, 0.1) is 0 Å². The van der Waals surface area contributed by atoms with Gasteiger partial charge in [0.1, 0.15) is 5.69 Å². The van der Waals surface area contributed by atoms with Crippen LogP contribution in [0.25, 0.3) is 0 Å². The summed E-state index contributed by atoms with van der Waals surface area (Å²) < 4.78 is 6.57. The quantitative estimate of drug-likeness (QED) is 0.630. The molecule has 0 fully saturated rings. The van der Waals surface area contributed by atoms with Crippen molar-refractivity contribution in [2.24, 2.45) is 7.05 Å². The summed E-state index contributed by atoms with van der Waals surface area (Å²) in [6, 6.07) is 0. The smallest absolute Gasteiger partial charge is 0.359 e. The van der Waals surface area contributed by atoms with Crippen LogP contribution in [0.15, 0.2) is 11.8 Å². The molecule has 0 bridgehead atoms. The molecule has 2 rings (SSSR count). The summed E-state index contributed by atoms with van der Waals surface area (Å²) in [5.74, 6) is -0.547. The average molecular weight is 305 g/mol. The SMILES string of the molecule is CCOC(=O)c1nn(C)c2c1C(C)(C)C/C(=C\N(C)C)C2=O. The molecule has 0 unspecified atom stereocenters. The fourth-order valence-corrected chi connectivity index (χ4v) is 2.98. The van der Waals surface area contributed by atoms with Gasteiger partial charge >= 0.3 is 5.97 Å². The Bertz CT molecular complexity index is 654. The number of Topliss-reactive ketones (excluding diaryl/α,β-unsaturated/α-hetero) is 1. The topological polar surface area (TPSA) is 64.4 Å². The first kappa shape index (κ1) is 16.3. The molecule has 6 nitrogen and oxygen atoms in total. The van der Waals surface area contributed by atoms with E-state index in [1.807, 2.05) is 39.0 Å². The number of rotatable bonds is 3. The Morgan fingerprint density at radius 1 is 1.45 bits per heavy atom. The number of aromatic nitrogens is 2. The minimum atomic E-state index is -0.472. The molecule has 0 saturated heterocycles. The number of ether oxygens (including phenoxy) is 1. The number of fused-ring (bicyclic) bond motifs is 1. The molecule has 0 N–H and O–H groups in total. The molecule has 0 aromatic carbocycles. The van der Waals surface area contributed by atoms with Crippen LogP contribution in [0.1, 0.15) is 53.7 Å². The Kier molecular flexibility index (Phi) is 4.13. The first-order valence-corrected chi connectivity index (χ1v) is 7.35. The molecule has 0 amide bonds. The lowest BCUT2D eigenvalue weighted by Gasteiger charge is -2.31. The fraction of sp³-hybridized carbons (Fsp3) is 0.562. The van der Waals surface area contributed by atoms with Crippen LogP contribution < -0.4 is 0 Å². The highest BCUT2D eigenvalue weighted by Gasteiger charge is 2.42. The largest absolute Gasteiger partial charge is 0.461 e. The number of nitrogens with zero attached hydrogens (tertiary/aromatic N) is 3. The van der Waals surface area contributed by atoms with Crippen LogP contribution in [0.5, 0.6) is 0 Å². The monoisotopic (exact) mass is 305 g/mol. The third-order valence-electron chi connectivity index (χ3n) is 3.75. The number of hydrogen-bond acceptors (Lipinski definition) is 5. The average Bonchev–Trinajstić information content (AvgIpc) is 2.74. The number of hydrogen-bond donors (Lipinski definition) is 0. The Balaban J connectivity index is 2.63. The Morgan fingerprint density at radius 3 is 2.64 bits per heavy atom. The Labute approximate surface area is 130 Å². The van der Waals surface area contributed by atoms with E-state index in [9.17, 15) is 9.59 Å². The second kappa shape index (κ2) is 5.59. The maximum atomic E-state index is 12.7. The van der Waals surface area contributed by atoms with Gasteiger partial charge < -0.3 is 9.64 Å². The van der Waals surface area contributed by atoms with E-state index in [0.717, 1.165) is 5.57 Å². The molecule has 0 atom stereocenters. The third-order valence-corrected chi connectivity index (χ3v) is 3.75. The van der Waals surface area contributed by atoms with Crippen molar-refractivity contribution in [2.75, 3.05) is 20.7 Å². The Morgan fingerprint density at radius 2 is 2.09 bits per heavy atom. The van der Waals surface area contributed by atoms with Gasteiger partial charge in [-0.2, -0.15) is 5.10 Å². The van der Waals surface area contributed by atoms with E-state index in [4.69, 9.17) is 4.74 Å². The zero-order chi connectivity index (χ0) is 16.7. The van der Waals surface area contributed by atoms with E-state index in [1.54, 1.807) is 14.0 Å². The molecule has 6 heteroatoms. The summed E-state index contributed by atoms with van der Waals surface area (Å²) in [5.41, 5.74) is 1.78. The van der Waals surface area contributed by atoms with Crippen LogP contribution in [-0.2, 0) is 17.2 Å². The zero-order valence-corrected chi connectivity index (χ0v) is 14.1. The molecular weight excluding hydrogens is 282 g/mol. The van der Waals surface area contributed by atoms with Gasteiger partial charge in [-0.1, -0.05) is 13.8 Å². The molecular formula is C16H23N3O3. The number of allylic oxidation sites excluding steroid dienone is 1. The van der Waals surface area contributed by atoms with Crippen molar-refractivity contribution in [2.45, 2.75) is 32.6 Å². The van der Waals surface area contributed by atoms with Crippen molar-refractivity contribution in [3.8, 4) is 0 Å². The van der Waals surface area contributed by atoms with Crippen molar-refractivity contribution < 1.29 is 14.3 Å². The van der Waals surface area contributed by atoms with Crippen molar-refractivity contribution in [3.05, 3.63) is 28.7 Å². The molecule has 120 valence electrons. The summed E-state index contributed by atoms with van der Waals surface area (Å²) >= 11 is 0. The van der Waals surface area contributed by atoms with Crippen LogP contribution in [0.4, 0.5) is 0 Å². The normalized spacial score (nSPS) is 18.3. The van der Waals surface area contributed by atoms with Gasteiger partial charge in [-0.25, -0.2) is 4.79 Å². The van der Waals surface area contributed by atoms with Crippen molar-refractivity contribution in [1.29, 1.82) is 0 Å². The maximum absolute atomic E-state index is 12.7. The highest BCUT2D eigenvalue weighted by Crippen LogP contribution is 2.41. The number of ketones is 1. The van der Waals surface area contributed by atoms with Gasteiger partial charge in [0.2, 0.25) is 5.78 Å². The van der Waals surface area contributed by atoms with Gasteiger partial charge in [0.05, 0.1) is 6.61 Å². The number of aryl methyl sites for hydroxylation is 1. The van der Waals surface area contributed by atoms with E-state index >= 15 is 0 Å². The first-order chi connectivity index (χ1) is 10.2. The third kappa shape index (κ3) is 2.65. The summed E-state index contributed by atoms with van der Waals surface area (Å²) in [7, 11) is 5.46. The summed E-state index contributed by atoms with van der Waals surface area (Å²) in [4.78, 5) is 26.8. The van der Waals surface area contributed by atoms with Gasteiger partial charge in [-0.15, -0.1) is 0 Å². The van der Waals surface area contributed by atoms with E-state index in [1.165, 1.54) is 4.68 Å². The van der Waals surface area contributed by atoms with E-state index in [-0.39, 0.29) is 23.5 Å². The molecule has 1 heterocycles. The summed E-state index contributed by atoms with van der Waals surface area (Å²) in [6.07, 6.45) is 2.40. The van der Waals surface area contributed by atoms with E-state index in [0.29, 0.717) is 17.7 Å². The molecule has 0 spiro atoms. The molecule has 1 aromatic heterocycles. The van der Waals surface area contributed by atoms with Gasteiger partial charge in [0.25, 0.3) is 0 Å². The predicted octanol–water partition coefficient (Wildman–Crippen LogP) is 1.91. The number of esters is 1. The summed E-state index contributed by atoms with van der Waals surface area (Å²) in [6.45, 7) is 6.07. The van der Waals surface area contributed by atoms with Gasteiger partial charge in [0.15, 0.2) is 5.69 Å². The minimum Gasteiger partial charge on any atom is -0.461 e. The van der Waals surface area contributed by atoms with Crippen LogP contribution >= 0.6 is 0 Å². The summed E-state index contributed by atoms with van der Waals surface area (Å²) in [5, 5.41) is 4.25. The predicted molar refractivity (Wildman–Crippen MR) is 82.9 cm³/mol. The van der Waals surface area contributed by atoms with Crippen LogP contribution in [0.3, 0.4) is 0 Å². The molecule has 0 saturated carbocycles. The highest BCUT2D eigenvalue weighted by atomic mass is 16.5. The molecule has 0 aliphatic heterocycles. The van der Waals surface area contributed by atoms with Gasteiger partial charge in [-0.05, 0) is 18.8 Å². The van der Waals surface area contributed by atoms with Gasteiger partial charge in [-0.3, -0.25) is 9.48 Å². The Hall–Kier alpha value is -2.11.